The van der Waals surface area contributed by atoms with Gasteiger partial charge in [0.05, 0.1) is 6.10 Å². The Bertz CT molecular complexity index is 258. The Balaban J connectivity index is 2.49. The number of carbonyl (C=O) groups excluding carboxylic acids is 1. The van der Waals surface area contributed by atoms with Gasteiger partial charge in [-0.15, -0.1) is 0 Å². The molecular weight excluding hydrogens is 218 g/mol. The summed E-state index contributed by atoms with van der Waals surface area (Å²) in [5.41, 5.74) is 5.52. The Morgan fingerprint density at radius 2 is 2.12 bits per heavy atom. The summed E-state index contributed by atoms with van der Waals surface area (Å²) in [6, 6.07) is 0.298. The molecular formula is C12H25N3O2. The van der Waals surface area contributed by atoms with Gasteiger partial charge in [-0.05, 0) is 13.8 Å². The van der Waals surface area contributed by atoms with E-state index in [1.165, 1.54) is 0 Å². The van der Waals surface area contributed by atoms with Gasteiger partial charge in [-0.1, -0.05) is 6.92 Å². The molecule has 0 saturated carbocycles. The minimum Gasteiger partial charge on any atom is -0.392 e. The molecule has 3 N–H and O–H groups in total. The lowest BCUT2D eigenvalue weighted by Crippen LogP contribution is -2.56. The van der Waals surface area contributed by atoms with Crippen molar-refractivity contribution in [1.82, 2.24) is 9.80 Å². The molecule has 5 nitrogen and oxygen atoms in total. The highest BCUT2D eigenvalue weighted by Gasteiger charge is 2.28. The molecule has 1 aliphatic rings. The topological polar surface area (TPSA) is 69.8 Å². The van der Waals surface area contributed by atoms with Crippen molar-refractivity contribution in [2.24, 2.45) is 11.7 Å². The second-order valence-corrected chi connectivity index (χ2v) is 5.11. The molecule has 100 valence electrons. The SMILES string of the molecule is CC(O)CN1CCN(C(=O)C(C)CN)CC1C. The van der Waals surface area contributed by atoms with Crippen molar-refractivity contribution in [3.63, 3.8) is 0 Å². The van der Waals surface area contributed by atoms with Crippen LogP contribution < -0.4 is 5.73 Å². The summed E-state index contributed by atoms with van der Waals surface area (Å²) in [6.07, 6.45) is -0.317. The number of nitrogens with two attached hydrogens (primary N) is 1. The summed E-state index contributed by atoms with van der Waals surface area (Å²) in [5.74, 6) is 0.0570. The van der Waals surface area contributed by atoms with E-state index in [-0.39, 0.29) is 17.9 Å². The van der Waals surface area contributed by atoms with Gasteiger partial charge in [0.1, 0.15) is 0 Å². The number of hydrogen-bond donors (Lipinski definition) is 2. The highest BCUT2D eigenvalue weighted by atomic mass is 16.3. The Kier molecular flexibility index (Phi) is 5.36. The van der Waals surface area contributed by atoms with Gasteiger partial charge in [0, 0.05) is 44.7 Å². The smallest absolute Gasteiger partial charge is 0.226 e. The van der Waals surface area contributed by atoms with E-state index in [4.69, 9.17) is 5.73 Å². The fourth-order valence-corrected chi connectivity index (χ4v) is 2.22. The van der Waals surface area contributed by atoms with Crippen LogP contribution in [0.5, 0.6) is 0 Å². The van der Waals surface area contributed by atoms with Crippen LogP contribution in [-0.4, -0.2) is 65.7 Å². The lowest BCUT2D eigenvalue weighted by molar-refractivity contribution is -0.137. The largest absolute Gasteiger partial charge is 0.392 e. The summed E-state index contributed by atoms with van der Waals surface area (Å²) < 4.78 is 0. The van der Waals surface area contributed by atoms with E-state index >= 15 is 0 Å². The monoisotopic (exact) mass is 243 g/mol. The quantitative estimate of drug-likeness (QED) is 0.698. The molecule has 1 amide bonds. The maximum absolute atomic E-state index is 12.0. The van der Waals surface area contributed by atoms with Crippen LogP contribution in [0.4, 0.5) is 0 Å². The number of hydrogen-bond acceptors (Lipinski definition) is 4. The molecule has 0 spiro atoms. The number of rotatable bonds is 4. The van der Waals surface area contributed by atoms with E-state index in [9.17, 15) is 9.90 Å². The van der Waals surface area contributed by atoms with Gasteiger partial charge in [0.2, 0.25) is 5.91 Å². The van der Waals surface area contributed by atoms with Crippen molar-refractivity contribution >= 4 is 5.91 Å². The molecule has 0 aromatic rings. The highest BCUT2D eigenvalue weighted by molar-refractivity contribution is 5.78. The van der Waals surface area contributed by atoms with E-state index in [2.05, 4.69) is 11.8 Å². The molecule has 3 unspecified atom stereocenters. The van der Waals surface area contributed by atoms with Crippen LogP contribution in [0.3, 0.4) is 0 Å². The number of aliphatic hydroxyl groups is 1. The maximum atomic E-state index is 12.0. The molecule has 3 atom stereocenters. The zero-order chi connectivity index (χ0) is 13.0. The Morgan fingerprint density at radius 3 is 2.59 bits per heavy atom. The van der Waals surface area contributed by atoms with Crippen molar-refractivity contribution in [3.8, 4) is 0 Å². The highest BCUT2D eigenvalue weighted by Crippen LogP contribution is 2.12. The van der Waals surface area contributed by atoms with Crippen molar-refractivity contribution < 1.29 is 9.90 Å². The third-order valence-electron chi connectivity index (χ3n) is 3.35. The third-order valence-corrected chi connectivity index (χ3v) is 3.35. The van der Waals surface area contributed by atoms with Crippen LogP contribution in [0.25, 0.3) is 0 Å². The number of aliphatic hydroxyl groups excluding tert-OH is 1. The van der Waals surface area contributed by atoms with Gasteiger partial charge in [0.15, 0.2) is 0 Å². The van der Waals surface area contributed by atoms with Gasteiger partial charge in [-0.2, -0.15) is 0 Å². The van der Waals surface area contributed by atoms with E-state index in [0.717, 1.165) is 19.6 Å². The summed E-state index contributed by atoms with van der Waals surface area (Å²) >= 11 is 0. The van der Waals surface area contributed by atoms with Crippen LogP contribution >= 0.6 is 0 Å². The van der Waals surface area contributed by atoms with Crippen LogP contribution in [0.15, 0.2) is 0 Å². The van der Waals surface area contributed by atoms with Crippen LogP contribution in [0.2, 0.25) is 0 Å². The van der Waals surface area contributed by atoms with Crippen LogP contribution in [-0.2, 0) is 4.79 Å². The first-order chi connectivity index (χ1) is 7.95. The summed E-state index contributed by atoms with van der Waals surface area (Å²) in [5, 5.41) is 9.39. The second kappa shape index (κ2) is 6.33. The zero-order valence-corrected chi connectivity index (χ0v) is 11.1. The molecule has 0 bridgehead atoms. The average Bonchev–Trinajstić information content (AvgIpc) is 2.29. The number of amides is 1. The molecule has 17 heavy (non-hydrogen) atoms. The molecule has 0 aromatic carbocycles. The van der Waals surface area contributed by atoms with Gasteiger partial charge < -0.3 is 15.7 Å². The molecule has 1 heterocycles. The average molecular weight is 243 g/mol. The molecule has 1 fully saturated rings. The van der Waals surface area contributed by atoms with Gasteiger partial charge in [-0.3, -0.25) is 9.69 Å². The maximum Gasteiger partial charge on any atom is 0.226 e. The van der Waals surface area contributed by atoms with Crippen molar-refractivity contribution in [3.05, 3.63) is 0 Å². The van der Waals surface area contributed by atoms with Crippen molar-refractivity contribution in [1.29, 1.82) is 0 Å². The summed E-state index contributed by atoms with van der Waals surface area (Å²) in [7, 11) is 0. The lowest BCUT2D eigenvalue weighted by Gasteiger charge is -2.41. The number of piperazine rings is 1. The van der Waals surface area contributed by atoms with E-state index < -0.39 is 0 Å². The Hall–Kier alpha value is -0.650. The third kappa shape index (κ3) is 3.94. The lowest BCUT2D eigenvalue weighted by atomic mass is 10.1. The first kappa shape index (κ1) is 14.4. The predicted molar refractivity (Wildman–Crippen MR) is 67.5 cm³/mol. The summed E-state index contributed by atoms with van der Waals surface area (Å²) in [4.78, 5) is 16.1. The molecule has 1 rings (SSSR count). The number of β-amino-alcohol motifs (C(OH)–C–C–N with tert-alkyl or cyclic N) is 1. The molecule has 0 aromatic heterocycles. The van der Waals surface area contributed by atoms with Gasteiger partial charge in [0.25, 0.3) is 0 Å². The molecule has 0 radical (unpaired) electrons. The van der Waals surface area contributed by atoms with Crippen molar-refractivity contribution in [2.75, 3.05) is 32.7 Å². The van der Waals surface area contributed by atoms with E-state index in [1.54, 1.807) is 6.92 Å². The minimum absolute atomic E-state index is 0.0921. The first-order valence-corrected chi connectivity index (χ1v) is 6.36. The van der Waals surface area contributed by atoms with Gasteiger partial charge in [-0.25, -0.2) is 0 Å². The molecule has 1 aliphatic heterocycles. The van der Waals surface area contributed by atoms with Crippen LogP contribution in [0.1, 0.15) is 20.8 Å². The second-order valence-electron chi connectivity index (χ2n) is 5.11. The molecule has 0 aliphatic carbocycles. The standard InChI is InChI=1S/C12H25N3O2/c1-9(6-13)12(17)15-5-4-14(8-11(3)16)10(2)7-15/h9-11,16H,4-8,13H2,1-3H3. The normalized spacial score (nSPS) is 25.7. The van der Waals surface area contributed by atoms with Crippen molar-refractivity contribution in [2.45, 2.75) is 32.9 Å². The molecule has 1 saturated heterocycles. The molecule has 5 heteroatoms. The Morgan fingerprint density at radius 1 is 1.47 bits per heavy atom. The van der Waals surface area contributed by atoms with E-state index in [1.807, 2.05) is 11.8 Å². The van der Waals surface area contributed by atoms with Gasteiger partial charge >= 0.3 is 0 Å². The first-order valence-electron chi connectivity index (χ1n) is 6.36. The predicted octanol–water partition coefficient (Wildman–Crippen LogP) is -0.505. The number of carbonyl (C=O) groups is 1. The zero-order valence-electron chi connectivity index (χ0n) is 11.1. The number of nitrogens with zero attached hydrogens (tertiary/aromatic N) is 2. The minimum atomic E-state index is -0.317. The Labute approximate surface area is 104 Å². The fourth-order valence-electron chi connectivity index (χ4n) is 2.22. The fraction of sp³-hybridized carbons (Fsp3) is 0.917. The van der Waals surface area contributed by atoms with Crippen LogP contribution in [0, 0.1) is 5.92 Å². The van der Waals surface area contributed by atoms with E-state index in [0.29, 0.717) is 19.1 Å². The summed E-state index contributed by atoms with van der Waals surface area (Å²) in [6.45, 7) is 9.13.